The van der Waals surface area contributed by atoms with Gasteiger partial charge in [0.1, 0.15) is 18.1 Å². The van der Waals surface area contributed by atoms with Crippen molar-refractivity contribution in [3.8, 4) is 23.2 Å². The molecule has 2 aromatic carbocycles. The average molecular weight is 291 g/mol. The van der Waals surface area contributed by atoms with Gasteiger partial charge in [-0.25, -0.2) is 4.98 Å². The smallest absolute Gasteiger partial charge is 0.145 e. The van der Waals surface area contributed by atoms with E-state index in [-0.39, 0.29) is 6.54 Å². The van der Waals surface area contributed by atoms with Crippen LogP contribution in [-0.2, 0) is 6.54 Å². The highest BCUT2D eigenvalue weighted by atomic mass is 16.5. The van der Waals surface area contributed by atoms with Gasteiger partial charge in [-0.05, 0) is 49.2 Å². The van der Waals surface area contributed by atoms with E-state index in [1.807, 2.05) is 28.8 Å². The molecule has 0 spiro atoms. The Hall–Kier alpha value is -2.80. The molecule has 0 bridgehead atoms. The Balaban J connectivity index is 2.34. The van der Waals surface area contributed by atoms with Crippen LogP contribution in [0, 0.1) is 25.2 Å². The van der Waals surface area contributed by atoms with Gasteiger partial charge in [0.2, 0.25) is 0 Å². The minimum Gasteiger partial charge on any atom is -0.496 e. The highest BCUT2D eigenvalue weighted by Gasteiger charge is 2.16. The summed E-state index contributed by atoms with van der Waals surface area (Å²) in [4.78, 5) is 4.74. The molecule has 0 amide bonds. The van der Waals surface area contributed by atoms with Crippen LogP contribution >= 0.6 is 0 Å². The predicted octanol–water partition coefficient (Wildman–Crippen LogP) is 3.85. The molecule has 0 saturated heterocycles. The Labute approximate surface area is 129 Å². The number of para-hydroxylation sites is 1. The molecular formula is C18H17N3O. The van der Waals surface area contributed by atoms with Crippen LogP contribution in [0.2, 0.25) is 0 Å². The minimum absolute atomic E-state index is 0.256. The van der Waals surface area contributed by atoms with Crippen LogP contribution < -0.4 is 4.74 Å². The number of ether oxygens (including phenoxy) is 1. The molecule has 1 aromatic heterocycles. The normalized spacial score (nSPS) is 10.6. The molecule has 0 unspecified atom stereocenters. The number of hydrogen-bond acceptors (Lipinski definition) is 3. The summed E-state index contributed by atoms with van der Waals surface area (Å²) < 4.78 is 7.38. The zero-order chi connectivity index (χ0) is 15.7. The number of benzene rings is 2. The molecule has 3 rings (SSSR count). The first-order valence-corrected chi connectivity index (χ1v) is 7.13. The van der Waals surface area contributed by atoms with Crippen LogP contribution in [0.5, 0.6) is 5.75 Å². The predicted molar refractivity (Wildman–Crippen MR) is 86.8 cm³/mol. The summed E-state index contributed by atoms with van der Waals surface area (Å²) in [6, 6.07) is 14.1. The molecule has 0 radical (unpaired) electrons. The molecule has 1 heterocycles. The molecule has 0 atom stereocenters. The molecule has 0 N–H and O–H groups in total. The number of nitrogens with zero attached hydrogens (tertiary/aromatic N) is 3. The molecule has 0 aliphatic rings. The standard InChI is InChI=1S/C18H17N3O/c1-12-10-15-16(11-13(12)2)21(9-8-19)18(20-15)14-6-4-5-7-17(14)22-3/h4-7,10-11H,9H2,1-3H3. The van der Waals surface area contributed by atoms with Crippen molar-refractivity contribution in [3.63, 3.8) is 0 Å². The van der Waals surface area contributed by atoms with Crippen LogP contribution in [0.25, 0.3) is 22.4 Å². The van der Waals surface area contributed by atoms with Crippen molar-refractivity contribution in [2.75, 3.05) is 7.11 Å². The summed E-state index contributed by atoms with van der Waals surface area (Å²) in [5.74, 6) is 1.52. The second-order valence-electron chi connectivity index (χ2n) is 5.31. The Kier molecular flexibility index (Phi) is 3.56. The zero-order valence-corrected chi connectivity index (χ0v) is 12.9. The van der Waals surface area contributed by atoms with Gasteiger partial charge in [-0.2, -0.15) is 5.26 Å². The molecule has 0 aliphatic carbocycles. The molecule has 110 valence electrons. The van der Waals surface area contributed by atoms with Crippen LogP contribution in [0.1, 0.15) is 11.1 Å². The third-order valence-corrected chi connectivity index (χ3v) is 3.94. The van der Waals surface area contributed by atoms with Gasteiger partial charge in [0.25, 0.3) is 0 Å². The molecule has 3 aromatic rings. The lowest BCUT2D eigenvalue weighted by molar-refractivity contribution is 0.416. The highest BCUT2D eigenvalue weighted by Crippen LogP contribution is 2.32. The largest absolute Gasteiger partial charge is 0.496 e. The van der Waals surface area contributed by atoms with Crippen molar-refractivity contribution >= 4 is 11.0 Å². The maximum Gasteiger partial charge on any atom is 0.145 e. The Morgan fingerprint density at radius 3 is 2.64 bits per heavy atom. The van der Waals surface area contributed by atoms with Gasteiger partial charge < -0.3 is 9.30 Å². The van der Waals surface area contributed by atoms with Crippen molar-refractivity contribution in [1.29, 1.82) is 5.26 Å². The molecule has 4 heteroatoms. The van der Waals surface area contributed by atoms with Crippen LogP contribution in [0.15, 0.2) is 36.4 Å². The molecule has 0 aliphatic heterocycles. The highest BCUT2D eigenvalue weighted by molar-refractivity contribution is 5.83. The molecular weight excluding hydrogens is 274 g/mol. The lowest BCUT2D eigenvalue weighted by atomic mass is 10.1. The number of hydrogen-bond donors (Lipinski definition) is 0. The molecule has 0 fully saturated rings. The summed E-state index contributed by atoms with van der Waals surface area (Å²) in [5, 5.41) is 9.19. The lowest BCUT2D eigenvalue weighted by Crippen LogP contribution is -2.00. The topological polar surface area (TPSA) is 50.8 Å². The second kappa shape index (κ2) is 5.53. The fourth-order valence-corrected chi connectivity index (χ4v) is 2.65. The van der Waals surface area contributed by atoms with Crippen molar-refractivity contribution in [2.24, 2.45) is 0 Å². The fourth-order valence-electron chi connectivity index (χ4n) is 2.65. The maximum atomic E-state index is 9.19. The Morgan fingerprint density at radius 1 is 1.18 bits per heavy atom. The number of nitriles is 1. The van der Waals surface area contributed by atoms with Gasteiger partial charge >= 0.3 is 0 Å². The van der Waals surface area contributed by atoms with E-state index in [2.05, 4.69) is 32.0 Å². The van der Waals surface area contributed by atoms with Gasteiger partial charge in [0.05, 0.1) is 29.8 Å². The summed E-state index contributed by atoms with van der Waals surface area (Å²) in [6.07, 6.45) is 0. The average Bonchev–Trinajstić information content (AvgIpc) is 2.86. The zero-order valence-electron chi connectivity index (χ0n) is 12.9. The van der Waals surface area contributed by atoms with Gasteiger partial charge in [0.15, 0.2) is 0 Å². The van der Waals surface area contributed by atoms with E-state index in [0.717, 1.165) is 28.2 Å². The first-order valence-electron chi connectivity index (χ1n) is 7.13. The monoisotopic (exact) mass is 291 g/mol. The van der Waals surface area contributed by atoms with E-state index in [9.17, 15) is 5.26 Å². The summed E-state index contributed by atoms with van der Waals surface area (Å²) in [5.41, 5.74) is 5.16. The molecule has 4 nitrogen and oxygen atoms in total. The van der Waals surface area contributed by atoms with Gasteiger partial charge in [0, 0.05) is 0 Å². The number of methoxy groups -OCH3 is 1. The minimum atomic E-state index is 0.256. The van der Waals surface area contributed by atoms with Crippen molar-refractivity contribution in [1.82, 2.24) is 9.55 Å². The van der Waals surface area contributed by atoms with E-state index in [1.165, 1.54) is 11.1 Å². The number of aromatic nitrogens is 2. The number of fused-ring (bicyclic) bond motifs is 1. The first kappa shape index (κ1) is 14.2. The quantitative estimate of drug-likeness (QED) is 0.736. The van der Waals surface area contributed by atoms with Crippen LogP contribution in [-0.4, -0.2) is 16.7 Å². The summed E-state index contributed by atoms with van der Waals surface area (Å²) in [6.45, 7) is 4.40. The number of aryl methyl sites for hydroxylation is 2. The summed E-state index contributed by atoms with van der Waals surface area (Å²) >= 11 is 0. The molecule has 22 heavy (non-hydrogen) atoms. The van der Waals surface area contributed by atoms with E-state index in [4.69, 9.17) is 9.72 Å². The van der Waals surface area contributed by atoms with Gasteiger partial charge in [-0.1, -0.05) is 12.1 Å². The van der Waals surface area contributed by atoms with Crippen molar-refractivity contribution in [3.05, 3.63) is 47.5 Å². The van der Waals surface area contributed by atoms with E-state index >= 15 is 0 Å². The van der Waals surface area contributed by atoms with Crippen LogP contribution in [0.4, 0.5) is 0 Å². The number of rotatable bonds is 3. The van der Waals surface area contributed by atoms with Crippen molar-refractivity contribution in [2.45, 2.75) is 20.4 Å². The van der Waals surface area contributed by atoms with Gasteiger partial charge in [-0.15, -0.1) is 0 Å². The third-order valence-electron chi connectivity index (χ3n) is 3.94. The Morgan fingerprint density at radius 2 is 1.91 bits per heavy atom. The lowest BCUT2D eigenvalue weighted by Gasteiger charge is -2.09. The summed E-state index contributed by atoms with van der Waals surface area (Å²) in [7, 11) is 1.64. The SMILES string of the molecule is COc1ccccc1-c1nc2cc(C)c(C)cc2n1CC#N. The van der Waals surface area contributed by atoms with Gasteiger partial charge in [-0.3, -0.25) is 0 Å². The van der Waals surface area contributed by atoms with Crippen LogP contribution in [0.3, 0.4) is 0 Å². The fraction of sp³-hybridized carbons (Fsp3) is 0.222. The molecule has 0 saturated carbocycles. The first-order chi connectivity index (χ1) is 10.7. The van der Waals surface area contributed by atoms with E-state index < -0.39 is 0 Å². The second-order valence-corrected chi connectivity index (χ2v) is 5.31. The Bertz CT molecular complexity index is 887. The number of imidazole rings is 1. The van der Waals surface area contributed by atoms with E-state index in [0.29, 0.717) is 0 Å². The maximum absolute atomic E-state index is 9.19. The third kappa shape index (κ3) is 2.21. The van der Waals surface area contributed by atoms with E-state index in [1.54, 1.807) is 7.11 Å². The van der Waals surface area contributed by atoms with Crippen molar-refractivity contribution < 1.29 is 4.74 Å².